The maximum atomic E-state index is 13.9. The summed E-state index contributed by atoms with van der Waals surface area (Å²) in [6, 6.07) is 13.0. The van der Waals surface area contributed by atoms with E-state index >= 15 is 0 Å². The van der Waals surface area contributed by atoms with E-state index in [-0.39, 0.29) is 11.6 Å². The van der Waals surface area contributed by atoms with Gasteiger partial charge in [-0.1, -0.05) is 30.3 Å². The molecule has 3 aromatic rings. The van der Waals surface area contributed by atoms with Crippen molar-refractivity contribution in [2.75, 3.05) is 4.31 Å². The lowest BCUT2D eigenvalue weighted by Gasteiger charge is -2.26. The SMILES string of the molecule is Cc1ccc(-c2nn(C)c(=O)c3c2CCCC3)cc1S(=O)(=O)N1c2ccccc2C[C@@H]1C. The average molecular weight is 450 g/mol. The largest absolute Gasteiger partial charge is 0.269 e. The van der Waals surface area contributed by atoms with Gasteiger partial charge in [-0.3, -0.25) is 9.10 Å². The van der Waals surface area contributed by atoms with Gasteiger partial charge in [0.1, 0.15) is 0 Å². The first-order chi connectivity index (χ1) is 15.3. The molecule has 5 rings (SSSR count). The first-order valence-corrected chi connectivity index (χ1v) is 12.6. The number of rotatable bonds is 3. The van der Waals surface area contributed by atoms with Crippen LogP contribution in [0.5, 0.6) is 0 Å². The van der Waals surface area contributed by atoms with E-state index in [1.165, 1.54) is 4.68 Å². The average Bonchev–Trinajstić information content (AvgIpc) is 3.13. The van der Waals surface area contributed by atoms with Crippen molar-refractivity contribution in [1.29, 1.82) is 0 Å². The Kier molecular flexibility index (Phi) is 4.97. The number of fused-ring (bicyclic) bond motifs is 2. The van der Waals surface area contributed by atoms with Gasteiger partial charge >= 0.3 is 0 Å². The molecule has 0 bridgehead atoms. The molecule has 0 amide bonds. The maximum Gasteiger partial charge on any atom is 0.269 e. The summed E-state index contributed by atoms with van der Waals surface area (Å²) in [7, 11) is -2.10. The molecule has 1 aromatic heterocycles. The van der Waals surface area contributed by atoms with Crippen LogP contribution in [0.3, 0.4) is 0 Å². The van der Waals surface area contributed by atoms with Crippen molar-refractivity contribution in [3.63, 3.8) is 0 Å². The Morgan fingerprint density at radius 2 is 1.75 bits per heavy atom. The van der Waals surface area contributed by atoms with E-state index in [2.05, 4.69) is 5.10 Å². The number of aromatic nitrogens is 2. The number of anilines is 1. The van der Waals surface area contributed by atoms with Gasteiger partial charge < -0.3 is 0 Å². The van der Waals surface area contributed by atoms with Crippen LogP contribution in [-0.4, -0.2) is 24.2 Å². The van der Waals surface area contributed by atoms with E-state index in [0.29, 0.717) is 22.6 Å². The molecule has 32 heavy (non-hydrogen) atoms. The van der Waals surface area contributed by atoms with Crippen LogP contribution in [0.4, 0.5) is 5.69 Å². The van der Waals surface area contributed by atoms with Crippen molar-refractivity contribution in [2.24, 2.45) is 7.05 Å². The number of hydrogen-bond donors (Lipinski definition) is 0. The van der Waals surface area contributed by atoms with Gasteiger partial charge in [0, 0.05) is 24.2 Å². The van der Waals surface area contributed by atoms with Crippen molar-refractivity contribution in [3.05, 3.63) is 75.1 Å². The third kappa shape index (κ3) is 3.18. The molecule has 0 saturated carbocycles. The number of para-hydroxylation sites is 1. The number of hydrogen-bond acceptors (Lipinski definition) is 4. The highest BCUT2D eigenvalue weighted by atomic mass is 32.2. The van der Waals surface area contributed by atoms with Crippen LogP contribution in [0.25, 0.3) is 11.3 Å². The monoisotopic (exact) mass is 449 g/mol. The van der Waals surface area contributed by atoms with Gasteiger partial charge in [-0.25, -0.2) is 13.1 Å². The topological polar surface area (TPSA) is 72.3 Å². The third-order valence-electron chi connectivity index (χ3n) is 6.70. The van der Waals surface area contributed by atoms with Gasteiger partial charge in [0.2, 0.25) is 0 Å². The van der Waals surface area contributed by atoms with Crippen LogP contribution in [0, 0.1) is 6.92 Å². The fraction of sp³-hybridized carbons (Fsp3) is 0.360. The first-order valence-electron chi connectivity index (χ1n) is 11.1. The van der Waals surface area contributed by atoms with Crippen LogP contribution >= 0.6 is 0 Å². The number of nitrogens with zero attached hydrogens (tertiary/aromatic N) is 3. The smallest absolute Gasteiger partial charge is 0.268 e. The Balaban J connectivity index is 1.67. The van der Waals surface area contributed by atoms with Gasteiger partial charge in [-0.2, -0.15) is 5.10 Å². The lowest BCUT2D eigenvalue weighted by atomic mass is 9.89. The first kappa shape index (κ1) is 20.9. The molecule has 2 aromatic carbocycles. The molecule has 2 heterocycles. The molecule has 2 aliphatic rings. The molecule has 1 aliphatic carbocycles. The minimum atomic E-state index is -3.77. The summed E-state index contributed by atoms with van der Waals surface area (Å²) in [4.78, 5) is 12.9. The number of benzene rings is 2. The normalized spacial score (nSPS) is 17.8. The van der Waals surface area contributed by atoms with Gasteiger partial charge in [-0.15, -0.1) is 0 Å². The van der Waals surface area contributed by atoms with Gasteiger partial charge in [0.25, 0.3) is 15.6 Å². The summed E-state index contributed by atoms with van der Waals surface area (Å²) in [5.41, 5.74) is 5.68. The molecule has 1 atom stereocenters. The zero-order chi connectivity index (χ0) is 22.6. The molecule has 0 fully saturated rings. The third-order valence-corrected chi connectivity index (χ3v) is 8.77. The molecule has 0 radical (unpaired) electrons. The second-order valence-electron chi connectivity index (χ2n) is 8.90. The van der Waals surface area contributed by atoms with Crippen LogP contribution in [0.1, 0.15) is 42.0 Å². The minimum Gasteiger partial charge on any atom is -0.268 e. The van der Waals surface area contributed by atoms with Crippen LogP contribution < -0.4 is 9.86 Å². The van der Waals surface area contributed by atoms with Gasteiger partial charge in [0.15, 0.2) is 0 Å². The molecule has 166 valence electrons. The van der Waals surface area contributed by atoms with E-state index in [1.54, 1.807) is 17.4 Å². The van der Waals surface area contributed by atoms with E-state index in [4.69, 9.17) is 0 Å². The molecule has 1 aliphatic heterocycles. The van der Waals surface area contributed by atoms with Gasteiger partial charge in [-0.05, 0) is 74.8 Å². The quantitative estimate of drug-likeness (QED) is 0.610. The molecule has 0 saturated heterocycles. The lowest BCUT2D eigenvalue weighted by Crippen LogP contribution is -2.36. The highest BCUT2D eigenvalue weighted by Gasteiger charge is 2.37. The molecule has 0 N–H and O–H groups in total. The second kappa shape index (κ2) is 7.59. The van der Waals surface area contributed by atoms with E-state index in [9.17, 15) is 13.2 Å². The Bertz CT molecular complexity index is 1390. The molecule has 6 nitrogen and oxygen atoms in total. The predicted molar refractivity (Wildman–Crippen MR) is 126 cm³/mol. The summed E-state index contributed by atoms with van der Waals surface area (Å²) < 4.78 is 30.7. The van der Waals surface area contributed by atoms with E-state index < -0.39 is 10.0 Å². The predicted octanol–water partition coefficient (Wildman–Crippen LogP) is 3.77. The zero-order valence-corrected chi connectivity index (χ0v) is 19.4. The molecule has 0 spiro atoms. The summed E-state index contributed by atoms with van der Waals surface area (Å²) in [5, 5.41) is 4.55. The maximum absolute atomic E-state index is 13.9. The highest BCUT2D eigenvalue weighted by Crippen LogP contribution is 2.38. The Hall–Kier alpha value is -2.93. The number of sulfonamides is 1. The molecular weight excluding hydrogens is 422 g/mol. The highest BCUT2D eigenvalue weighted by molar-refractivity contribution is 7.93. The Morgan fingerprint density at radius 3 is 2.53 bits per heavy atom. The van der Waals surface area contributed by atoms with Gasteiger partial charge in [0.05, 0.1) is 16.3 Å². The van der Waals surface area contributed by atoms with Crippen LogP contribution in [-0.2, 0) is 36.3 Å². The fourth-order valence-electron chi connectivity index (χ4n) is 5.12. The summed E-state index contributed by atoms with van der Waals surface area (Å²) in [5.74, 6) is 0. The van der Waals surface area contributed by atoms with E-state index in [0.717, 1.165) is 53.6 Å². The van der Waals surface area contributed by atoms with Crippen molar-refractivity contribution in [2.45, 2.75) is 56.9 Å². The van der Waals surface area contributed by atoms with E-state index in [1.807, 2.05) is 50.2 Å². The van der Waals surface area contributed by atoms with Crippen LogP contribution in [0.15, 0.2) is 52.2 Å². The van der Waals surface area contributed by atoms with Crippen molar-refractivity contribution in [1.82, 2.24) is 9.78 Å². The molecule has 0 unspecified atom stereocenters. The van der Waals surface area contributed by atoms with Crippen molar-refractivity contribution < 1.29 is 8.42 Å². The van der Waals surface area contributed by atoms with Crippen LogP contribution in [0.2, 0.25) is 0 Å². The lowest BCUT2D eigenvalue weighted by molar-refractivity contribution is 0.583. The molecular formula is C25H27N3O3S. The Labute approximate surface area is 188 Å². The summed E-state index contributed by atoms with van der Waals surface area (Å²) in [6.45, 7) is 3.77. The number of aryl methyl sites for hydroxylation is 2. The Morgan fingerprint density at radius 1 is 1.03 bits per heavy atom. The van der Waals surface area contributed by atoms with Crippen molar-refractivity contribution in [3.8, 4) is 11.3 Å². The summed E-state index contributed by atoms with van der Waals surface area (Å²) in [6.07, 6.45) is 4.24. The second-order valence-corrected chi connectivity index (χ2v) is 10.7. The zero-order valence-electron chi connectivity index (χ0n) is 18.6. The minimum absolute atomic E-state index is 0.0501. The van der Waals surface area contributed by atoms with Crippen molar-refractivity contribution >= 4 is 15.7 Å². The molecule has 7 heteroatoms. The fourth-order valence-corrected chi connectivity index (χ4v) is 7.07. The summed E-state index contributed by atoms with van der Waals surface area (Å²) >= 11 is 0. The standard InChI is InChI=1S/C25H27N3O3S/c1-16-12-13-19(24-20-9-5-6-10-21(20)25(29)27(3)26-24)15-23(16)32(30,31)28-17(2)14-18-8-4-7-11-22(18)28/h4,7-8,11-13,15,17H,5-6,9-10,14H2,1-3H3/t17-/m0/s1.